The van der Waals surface area contributed by atoms with E-state index in [4.69, 9.17) is 0 Å². The van der Waals surface area contributed by atoms with E-state index in [-0.39, 0.29) is 0 Å². The second-order valence-corrected chi connectivity index (χ2v) is 5.60. The Bertz CT molecular complexity index is 1060. The Hall–Kier alpha value is -3.24. The fourth-order valence-corrected chi connectivity index (χ4v) is 2.46. The predicted octanol–water partition coefficient (Wildman–Crippen LogP) is 5.54. The molecular formula is C18H5F9O2. The van der Waals surface area contributed by atoms with Gasteiger partial charge in [0.05, 0.1) is 5.57 Å². The Balaban J connectivity index is 2.16. The van der Waals surface area contributed by atoms with Crippen LogP contribution in [-0.2, 0) is 4.79 Å². The van der Waals surface area contributed by atoms with E-state index in [2.05, 4.69) is 4.74 Å². The average molecular weight is 424 g/mol. The van der Waals surface area contributed by atoms with Crippen molar-refractivity contribution in [1.29, 1.82) is 0 Å². The molecule has 0 atom stereocenters. The number of rotatable bonds is 3. The van der Waals surface area contributed by atoms with Gasteiger partial charge in [0.2, 0.25) is 52.2 Å². The molecule has 0 aromatic heterocycles. The van der Waals surface area contributed by atoms with Crippen LogP contribution in [0.2, 0.25) is 0 Å². The Labute approximate surface area is 155 Å². The van der Waals surface area contributed by atoms with Gasteiger partial charge in [0.1, 0.15) is 0 Å². The molecule has 0 unspecified atom stereocenters. The van der Waals surface area contributed by atoms with Crippen LogP contribution in [0.25, 0.3) is 5.57 Å². The van der Waals surface area contributed by atoms with Crippen molar-refractivity contribution in [2.45, 2.75) is 5.92 Å². The molecule has 0 fully saturated rings. The zero-order valence-corrected chi connectivity index (χ0v) is 13.6. The Morgan fingerprint density at radius 3 is 1.72 bits per heavy atom. The van der Waals surface area contributed by atoms with Gasteiger partial charge in [-0.2, -0.15) is 22.0 Å². The fraction of sp³-hybridized carbons (Fsp3) is 0.0556. The van der Waals surface area contributed by atoms with Crippen LogP contribution in [0.5, 0.6) is 5.75 Å². The molecule has 1 aliphatic rings. The number of benzene rings is 2. The molecule has 0 heterocycles. The molecule has 1 aliphatic carbocycles. The molecule has 0 amide bonds. The summed E-state index contributed by atoms with van der Waals surface area (Å²) in [5.74, 6) is -30.2. The van der Waals surface area contributed by atoms with E-state index in [1.807, 2.05) is 0 Å². The molecular weight excluding hydrogens is 419 g/mol. The lowest BCUT2D eigenvalue weighted by molar-refractivity contribution is -0.113. The molecule has 3 rings (SSSR count). The van der Waals surface area contributed by atoms with Crippen molar-refractivity contribution in [2.75, 3.05) is 0 Å². The highest BCUT2D eigenvalue weighted by atomic mass is 19.3. The van der Waals surface area contributed by atoms with E-state index >= 15 is 0 Å². The minimum absolute atomic E-state index is 0.444. The van der Waals surface area contributed by atoms with Crippen molar-refractivity contribution in [3.8, 4) is 5.75 Å². The van der Waals surface area contributed by atoms with Gasteiger partial charge in [0, 0.05) is 0 Å². The highest BCUT2D eigenvalue weighted by Gasteiger charge is 2.53. The summed E-state index contributed by atoms with van der Waals surface area (Å²) in [6.45, 7) is 0. The first-order valence-corrected chi connectivity index (χ1v) is 7.47. The molecule has 0 radical (unpaired) electrons. The van der Waals surface area contributed by atoms with Gasteiger partial charge in [-0.05, 0) is 5.56 Å². The smallest absolute Gasteiger partial charge is 0.359 e. The van der Waals surface area contributed by atoms with Crippen LogP contribution in [-0.4, -0.2) is 11.7 Å². The monoisotopic (exact) mass is 424 g/mol. The van der Waals surface area contributed by atoms with Gasteiger partial charge in [0.25, 0.3) is 0 Å². The van der Waals surface area contributed by atoms with Crippen LogP contribution in [0.15, 0.2) is 47.7 Å². The lowest BCUT2D eigenvalue weighted by atomic mass is 9.92. The summed E-state index contributed by atoms with van der Waals surface area (Å²) in [4.78, 5) is 12.0. The van der Waals surface area contributed by atoms with Gasteiger partial charge < -0.3 is 4.74 Å². The van der Waals surface area contributed by atoms with Gasteiger partial charge in [-0.1, -0.05) is 30.3 Å². The minimum Gasteiger partial charge on any atom is -0.445 e. The van der Waals surface area contributed by atoms with Gasteiger partial charge in [0.15, 0.2) is 5.83 Å². The highest BCUT2D eigenvalue weighted by molar-refractivity contribution is 6.29. The molecule has 2 aromatic rings. The van der Waals surface area contributed by atoms with Crippen LogP contribution in [0, 0.1) is 29.1 Å². The SMILES string of the molecule is O=C1C(F)=C(Oc2c(F)c(F)c(F)c(F)c2F)C(F)(F)C(F)=C1c1ccccc1. The fourth-order valence-electron chi connectivity index (χ4n) is 2.46. The van der Waals surface area contributed by atoms with Crippen molar-refractivity contribution >= 4 is 11.4 Å². The second kappa shape index (κ2) is 6.98. The molecule has 11 heteroatoms. The number of alkyl halides is 2. The summed E-state index contributed by atoms with van der Waals surface area (Å²) in [7, 11) is 0. The van der Waals surface area contributed by atoms with E-state index < -0.39 is 75.1 Å². The number of hydrogen-bond donors (Lipinski definition) is 0. The molecule has 0 aliphatic heterocycles. The van der Waals surface area contributed by atoms with Crippen molar-refractivity contribution in [3.05, 3.63) is 82.4 Å². The standard InChI is InChI=1S/C18H5F9O2/c19-8-9(20)11(22)15(12(23)10(8)21)29-17-13(24)14(28)7(16(25)18(17,26)27)6-4-2-1-3-5-6/h1-5H. The van der Waals surface area contributed by atoms with Crippen molar-refractivity contribution in [3.63, 3.8) is 0 Å². The van der Waals surface area contributed by atoms with E-state index in [9.17, 15) is 44.3 Å². The molecule has 152 valence electrons. The Morgan fingerprint density at radius 1 is 0.724 bits per heavy atom. The van der Waals surface area contributed by atoms with E-state index in [0.717, 1.165) is 12.1 Å². The lowest BCUT2D eigenvalue weighted by Crippen LogP contribution is -2.33. The molecule has 29 heavy (non-hydrogen) atoms. The summed E-state index contributed by atoms with van der Waals surface area (Å²) >= 11 is 0. The summed E-state index contributed by atoms with van der Waals surface area (Å²) in [6, 6.07) is 5.85. The van der Waals surface area contributed by atoms with E-state index in [1.165, 1.54) is 18.2 Å². The molecule has 0 bridgehead atoms. The van der Waals surface area contributed by atoms with Crippen molar-refractivity contribution in [2.24, 2.45) is 0 Å². The number of carbonyl (C=O) groups excluding carboxylic acids is 1. The van der Waals surface area contributed by atoms with Crippen LogP contribution in [0.1, 0.15) is 5.56 Å². The quantitative estimate of drug-likeness (QED) is 0.368. The first-order valence-electron chi connectivity index (χ1n) is 7.47. The first kappa shape index (κ1) is 20.5. The summed E-state index contributed by atoms with van der Waals surface area (Å²) in [6.07, 6.45) is 0. The Kier molecular flexibility index (Phi) is 4.93. The number of allylic oxidation sites excluding steroid dienone is 3. The maximum Gasteiger partial charge on any atom is 0.359 e. The van der Waals surface area contributed by atoms with Crippen molar-refractivity contribution in [1.82, 2.24) is 0 Å². The van der Waals surface area contributed by atoms with Crippen LogP contribution in [0.3, 0.4) is 0 Å². The number of hydrogen-bond acceptors (Lipinski definition) is 2. The Morgan fingerprint density at radius 2 is 1.21 bits per heavy atom. The maximum atomic E-state index is 14.3. The third-order valence-electron chi connectivity index (χ3n) is 3.84. The van der Waals surface area contributed by atoms with E-state index in [1.54, 1.807) is 0 Å². The molecule has 0 N–H and O–H groups in total. The summed E-state index contributed by atoms with van der Waals surface area (Å²) in [5, 5.41) is 0. The van der Waals surface area contributed by atoms with E-state index in [0.29, 0.717) is 0 Å². The van der Waals surface area contributed by atoms with Crippen molar-refractivity contribution < 1.29 is 49.0 Å². The number of carbonyl (C=O) groups is 1. The van der Waals surface area contributed by atoms with Crippen LogP contribution < -0.4 is 4.74 Å². The average Bonchev–Trinajstić information content (AvgIpc) is 2.70. The van der Waals surface area contributed by atoms with Crippen LogP contribution in [0.4, 0.5) is 39.5 Å². The van der Waals surface area contributed by atoms with Gasteiger partial charge in [-0.15, -0.1) is 0 Å². The highest BCUT2D eigenvalue weighted by Crippen LogP contribution is 2.46. The van der Waals surface area contributed by atoms with Gasteiger partial charge in [-0.3, -0.25) is 4.79 Å². The molecule has 2 nitrogen and oxygen atoms in total. The minimum atomic E-state index is -5.09. The number of ketones is 1. The number of Topliss-reactive ketones (excluding diaryl/α,β-unsaturated/α-hetero) is 1. The lowest BCUT2D eigenvalue weighted by Gasteiger charge is -2.25. The van der Waals surface area contributed by atoms with Crippen LogP contribution >= 0.6 is 0 Å². The molecule has 0 saturated heterocycles. The summed E-state index contributed by atoms with van der Waals surface area (Å²) in [5.41, 5.74) is -1.84. The number of ether oxygens (including phenoxy) is 1. The molecule has 0 saturated carbocycles. The van der Waals surface area contributed by atoms with Gasteiger partial charge in [-0.25, -0.2) is 17.6 Å². The topological polar surface area (TPSA) is 26.3 Å². The zero-order chi connectivity index (χ0) is 21.7. The number of halogens is 9. The zero-order valence-electron chi connectivity index (χ0n) is 13.6. The molecule has 2 aromatic carbocycles. The predicted molar refractivity (Wildman–Crippen MR) is 79.4 cm³/mol. The second-order valence-electron chi connectivity index (χ2n) is 5.60. The molecule has 0 spiro atoms. The maximum absolute atomic E-state index is 14.3. The summed E-state index contributed by atoms with van der Waals surface area (Å²) < 4.78 is 128. The normalized spacial score (nSPS) is 16.5. The third kappa shape index (κ3) is 3.06. The largest absolute Gasteiger partial charge is 0.445 e. The van der Waals surface area contributed by atoms with Gasteiger partial charge >= 0.3 is 5.92 Å². The third-order valence-corrected chi connectivity index (χ3v) is 3.84. The first-order chi connectivity index (χ1) is 13.5.